The van der Waals surface area contributed by atoms with Crippen molar-refractivity contribution in [2.24, 2.45) is 5.73 Å². The van der Waals surface area contributed by atoms with E-state index in [1.165, 1.54) is 25.7 Å². The van der Waals surface area contributed by atoms with E-state index < -0.39 is 0 Å². The molecule has 3 N–H and O–H groups in total. The average Bonchev–Trinajstić information content (AvgIpc) is 2.76. The minimum absolute atomic E-state index is 0.137. The van der Waals surface area contributed by atoms with E-state index >= 15 is 0 Å². The molecule has 0 bridgehead atoms. The molecule has 2 aliphatic carbocycles. The fourth-order valence-electron chi connectivity index (χ4n) is 2.90. The standard InChI is InChI=1S/C11H20N2O/c12-10(14)11(7-3-4-8-11)13-9-5-1-2-6-9/h9,13H,1-8H2,(H2,12,14). The molecule has 80 valence electrons. The molecule has 0 atom stereocenters. The minimum Gasteiger partial charge on any atom is -0.368 e. The maximum Gasteiger partial charge on any atom is 0.237 e. The number of rotatable bonds is 3. The van der Waals surface area contributed by atoms with Gasteiger partial charge in [0.25, 0.3) is 0 Å². The van der Waals surface area contributed by atoms with Gasteiger partial charge >= 0.3 is 0 Å². The Balaban J connectivity index is 1.99. The van der Waals surface area contributed by atoms with Gasteiger partial charge in [-0.25, -0.2) is 0 Å². The molecule has 2 fully saturated rings. The lowest BCUT2D eigenvalue weighted by Crippen LogP contribution is -2.56. The molecule has 2 aliphatic rings. The maximum absolute atomic E-state index is 11.5. The zero-order valence-corrected chi connectivity index (χ0v) is 8.72. The monoisotopic (exact) mass is 196 g/mol. The van der Waals surface area contributed by atoms with Crippen molar-refractivity contribution in [2.45, 2.75) is 62.9 Å². The molecule has 2 saturated carbocycles. The van der Waals surface area contributed by atoms with Crippen molar-refractivity contribution in [3.63, 3.8) is 0 Å². The van der Waals surface area contributed by atoms with Crippen LogP contribution in [-0.2, 0) is 4.79 Å². The first-order valence-corrected chi connectivity index (χ1v) is 5.81. The highest BCUT2D eigenvalue weighted by Crippen LogP contribution is 2.32. The van der Waals surface area contributed by atoms with Crippen LogP contribution < -0.4 is 11.1 Å². The smallest absolute Gasteiger partial charge is 0.237 e. The summed E-state index contributed by atoms with van der Waals surface area (Å²) in [5, 5.41) is 3.52. The molecule has 3 heteroatoms. The number of primary amides is 1. The summed E-state index contributed by atoms with van der Waals surface area (Å²) in [6.07, 6.45) is 9.20. The number of carbonyl (C=O) groups excluding carboxylic acids is 1. The Morgan fingerprint density at radius 3 is 2.21 bits per heavy atom. The van der Waals surface area contributed by atoms with E-state index in [0.717, 1.165) is 25.7 Å². The van der Waals surface area contributed by atoms with Gasteiger partial charge < -0.3 is 11.1 Å². The summed E-state index contributed by atoms with van der Waals surface area (Å²) in [4.78, 5) is 11.5. The molecule has 1 amide bonds. The van der Waals surface area contributed by atoms with Crippen LogP contribution in [0.1, 0.15) is 51.4 Å². The van der Waals surface area contributed by atoms with Gasteiger partial charge in [-0.05, 0) is 25.7 Å². The van der Waals surface area contributed by atoms with Gasteiger partial charge in [-0.1, -0.05) is 25.7 Å². The van der Waals surface area contributed by atoms with E-state index in [9.17, 15) is 4.79 Å². The summed E-state index contributed by atoms with van der Waals surface area (Å²) in [7, 11) is 0. The Kier molecular flexibility index (Phi) is 2.77. The van der Waals surface area contributed by atoms with Gasteiger partial charge in [0, 0.05) is 6.04 Å². The zero-order valence-electron chi connectivity index (χ0n) is 8.72. The van der Waals surface area contributed by atoms with Gasteiger partial charge in [0.1, 0.15) is 0 Å². The lowest BCUT2D eigenvalue weighted by atomic mass is 9.95. The van der Waals surface area contributed by atoms with Gasteiger partial charge in [-0.2, -0.15) is 0 Å². The van der Waals surface area contributed by atoms with Crippen molar-refractivity contribution in [3.05, 3.63) is 0 Å². The molecule has 14 heavy (non-hydrogen) atoms. The summed E-state index contributed by atoms with van der Waals surface area (Å²) in [5.74, 6) is -0.137. The van der Waals surface area contributed by atoms with Crippen LogP contribution in [0.5, 0.6) is 0 Å². The Labute approximate surface area is 85.4 Å². The Morgan fingerprint density at radius 2 is 1.71 bits per heavy atom. The van der Waals surface area contributed by atoms with E-state index in [1.807, 2.05) is 0 Å². The van der Waals surface area contributed by atoms with Crippen LogP contribution in [-0.4, -0.2) is 17.5 Å². The zero-order chi connectivity index (χ0) is 10.0. The van der Waals surface area contributed by atoms with E-state index in [4.69, 9.17) is 5.73 Å². The topological polar surface area (TPSA) is 55.1 Å². The molecule has 0 unspecified atom stereocenters. The van der Waals surface area contributed by atoms with Crippen LogP contribution in [0.2, 0.25) is 0 Å². The second kappa shape index (κ2) is 3.89. The number of nitrogens with one attached hydrogen (secondary N) is 1. The summed E-state index contributed by atoms with van der Waals surface area (Å²) in [5.41, 5.74) is 5.16. The van der Waals surface area contributed by atoms with Crippen LogP contribution in [0.15, 0.2) is 0 Å². The number of nitrogens with two attached hydrogens (primary N) is 1. The first-order valence-electron chi connectivity index (χ1n) is 5.81. The highest BCUT2D eigenvalue weighted by Gasteiger charge is 2.41. The summed E-state index contributed by atoms with van der Waals surface area (Å²) >= 11 is 0. The van der Waals surface area contributed by atoms with Crippen LogP contribution in [0, 0.1) is 0 Å². The van der Waals surface area contributed by atoms with Crippen LogP contribution in [0.3, 0.4) is 0 Å². The van der Waals surface area contributed by atoms with Crippen LogP contribution in [0.25, 0.3) is 0 Å². The second-order valence-corrected chi connectivity index (χ2v) is 4.78. The van der Waals surface area contributed by atoms with Gasteiger partial charge in [0.15, 0.2) is 0 Å². The molecular formula is C11H20N2O. The third-order valence-corrected chi connectivity index (χ3v) is 3.76. The first-order chi connectivity index (χ1) is 6.73. The Morgan fingerprint density at radius 1 is 1.14 bits per heavy atom. The molecule has 0 aromatic heterocycles. The normalized spacial score (nSPS) is 26.9. The van der Waals surface area contributed by atoms with E-state index in [2.05, 4.69) is 5.32 Å². The molecular weight excluding hydrogens is 176 g/mol. The molecule has 0 aromatic rings. The summed E-state index contributed by atoms with van der Waals surface area (Å²) < 4.78 is 0. The molecule has 0 aromatic carbocycles. The number of hydrogen-bond donors (Lipinski definition) is 2. The lowest BCUT2D eigenvalue weighted by Gasteiger charge is -2.30. The van der Waals surface area contributed by atoms with Crippen molar-refractivity contribution in [1.82, 2.24) is 5.32 Å². The number of amides is 1. The SMILES string of the molecule is NC(=O)C1(NC2CCCC2)CCCC1. The van der Waals surface area contributed by atoms with Crippen LogP contribution in [0.4, 0.5) is 0 Å². The molecule has 0 radical (unpaired) electrons. The largest absolute Gasteiger partial charge is 0.368 e. The van der Waals surface area contributed by atoms with E-state index in [1.54, 1.807) is 0 Å². The van der Waals surface area contributed by atoms with E-state index in [0.29, 0.717) is 6.04 Å². The third-order valence-electron chi connectivity index (χ3n) is 3.76. The van der Waals surface area contributed by atoms with Gasteiger partial charge in [0.2, 0.25) is 5.91 Å². The second-order valence-electron chi connectivity index (χ2n) is 4.78. The third kappa shape index (κ3) is 1.78. The molecule has 0 spiro atoms. The molecule has 0 saturated heterocycles. The predicted molar refractivity (Wildman–Crippen MR) is 55.8 cm³/mol. The first kappa shape index (κ1) is 9.97. The Hall–Kier alpha value is -0.570. The quantitative estimate of drug-likeness (QED) is 0.715. The number of hydrogen-bond acceptors (Lipinski definition) is 2. The Bertz CT molecular complexity index is 215. The summed E-state index contributed by atoms with van der Waals surface area (Å²) in [6, 6.07) is 0.542. The van der Waals surface area contributed by atoms with Crippen molar-refractivity contribution in [2.75, 3.05) is 0 Å². The molecule has 2 rings (SSSR count). The lowest BCUT2D eigenvalue weighted by molar-refractivity contribution is -0.124. The summed E-state index contributed by atoms with van der Waals surface area (Å²) in [6.45, 7) is 0. The van der Waals surface area contributed by atoms with Crippen LogP contribution >= 0.6 is 0 Å². The average molecular weight is 196 g/mol. The fourth-order valence-corrected chi connectivity index (χ4v) is 2.90. The maximum atomic E-state index is 11.5. The highest BCUT2D eigenvalue weighted by atomic mass is 16.1. The van der Waals surface area contributed by atoms with Gasteiger partial charge in [-0.15, -0.1) is 0 Å². The fraction of sp³-hybridized carbons (Fsp3) is 0.909. The van der Waals surface area contributed by atoms with Gasteiger partial charge in [-0.3, -0.25) is 4.79 Å². The molecule has 0 heterocycles. The van der Waals surface area contributed by atoms with Crippen molar-refractivity contribution in [3.8, 4) is 0 Å². The van der Waals surface area contributed by atoms with Crippen molar-refractivity contribution < 1.29 is 4.79 Å². The molecule has 0 aliphatic heterocycles. The van der Waals surface area contributed by atoms with Crippen molar-refractivity contribution >= 4 is 5.91 Å². The van der Waals surface area contributed by atoms with E-state index in [-0.39, 0.29) is 11.4 Å². The highest BCUT2D eigenvalue weighted by molar-refractivity contribution is 5.85. The predicted octanol–water partition coefficient (Wildman–Crippen LogP) is 1.32. The van der Waals surface area contributed by atoms with Crippen molar-refractivity contribution in [1.29, 1.82) is 0 Å². The minimum atomic E-state index is -0.352. The molecule has 3 nitrogen and oxygen atoms in total. The number of carbonyl (C=O) groups is 1. The van der Waals surface area contributed by atoms with Gasteiger partial charge in [0.05, 0.1) is 5.54 Å².